The van der Waals surface area contributed by atoms with Gasteiger partial charge in [-0.15, -0.1) is 0 Å². The summed E-state index contributed by atoms with van der Waals surface area (Å²) in [5.41, 5.74) is 6.49. The van der Waals surface area contributed by atoms with Crippen molar-refractivity contribution in [3.63, 3.8) is 0 Å². The molecule has 0 amide bonds. The number of rotatable bonds is 3. The molecule has 0 spiro atoms. The molecule has 0 saturated carbocycles. The van der Waals surface area contributed by atoms with Crippen molar-refractivity contribution in [1.82, 2.24) is 4.98 Å². The number of aromatic carboxylic acids is 1. The molecular weight excluding hydrogens is 218 g/mol. The average molecular weight is 235 g/mol. The number of anilines is 2. The molecule has 3 N–H and O–H groups in total. The lowest BCUT2D eigenvalue weighted by atomic mass is 10.1. The first-order chi connectivity index (χ1) is 8.13. The van der Waals surface area contributed by atoms with Crippen LogP contribution in [-0.4, -0.2) is 28.6 Å². The summed E-state index contributed by atoms with van der Waals surface area (Å²) in [5, 5.41) is 8.94. The number of aromatic nitrogens is 1. The first-order valence-corrected chi connectivity index (χ1v) is 5.90. The van der Waals surface area contributed by atoms with Gasteiger partial charge in [-0.25, -0.2) is 9.78 Å². The van der Waals surface area contributed by atoms with Crippen molar-refractivity contribution in [2.75, 3.05) is 17.2 Å². The van der Waals surface area contributed by atoms with Gasteiger partial charge in [-0.2, -0.15) is 0 Å². The maximum absolute atomic E-state index is 10.9. The summed E-state index contributed by atoms with van der Waals surface area (Å²) in [6.45, 7) is 3.03. The Morgan fingerprint density at radius 2 is 2.41 bits per heavy atom. The van der Waals surface area contributed by atoms with E-state index < -0.39 is 5.97 Å². The Hall–Kier alpha value is -1.78. The lowest BCUT2D eigenvalue weighted by Gasteiger charge is -2.26. The Balaban J connectivity index is 2.36. The van der Waals surface area contributed by atoms with E-state index in [0.717, 1.165) is 25.8 Å². The fourth-order valence-electron chi connectivity index (χ4n) is 2.35. The zero-order valence-electron chi connectivity index (χ0n) is 9.89. The van der Waals surface area contributed by atoms with Crippen molar-refractivity contribution < 1.29 is 9.90 Å². The lowest BCUT2D eigenvalue weighted by Crippen LogP contribution is -2.30. The molecule has 1 aromatic rings. The van der Waals surface area contributed by atoms with Crippen molar-refractivity contribution in [2.24, 2.45) is 0 Å². The molecular formula is C12H17N3O2. The van der Waals surface area contributed by atoms with E-state index in [4.69, 9.17) is 10.8 Å². The summed E-state index contributed by atoms with van der Waals surface area (Å²) >= 11 is 0. The molecule has 1 aliphatic heterocycles. The topological polar surface area (TPSA) is 79.5 Å². The van der Waals surface area contributed by atoms with Crippen LogP contribution in [0.15, 0.2) is 12.1 Å². The van der Waals surface area contributed by atoms with E-state index >= 15 is 0 Å². The monoisotopic (exact) mass is 235 g/mol. The van der Waals surface area contributed by atoms with Crippen molar-refractivity contribution in [2.45, 2.75) is 32.2 Å². The second-order valence-electron chi connectivity index (χ2n) is 4.31. The van der Waals surface area contributed by atoms with Crippen LogP contribution in [-0.2, 0) is 0 Å². The highest BCUT2D eigenvalue weighted by molar-refractivity contribution is 5.87. The molecule has 0 bridgehead atoms. The van der Waals surface area contributed by atoms with E-state index in [1.54, 1.807) is 6.07 Å². The SMILES string of the molecule is CCC1CCCN1c1nc(C(=O)O)ccc1N. The summed E-state index contributed by atoms with van der Waals surface area (Å²) in [7, 11) is 0. The molecule has 1 atom stereocenters. The molecule has 17 heavy (non-hydrogen) atoms. The van der Waals surface area contributed by atoms with E-state index in [9.17, 15) is 4.79 Å². The summed E-state index contributed by atoms with van der Waals surface area (Å²) in [4.78, 5) is 17.2. The molecule has 2 heterocycles. The molecule has 1 unspecified atom stereocenters. The fourth-order valence-corrected chi connectivity index (χ4v) is 2.35. The molecule has 1 saturated heterocycles. The summed E-state index contributed by atoms with van der Waals surface area (Å²) in [5.74, 6) is -0.396. The minimum atomic E-state index is -1.02. The van der Waals surface area contributed by atoms with Gasteiger partial charge < -0.3 is 15.7 Å². The number of carboxylic acid groups (broad SMARTS) is 1. The molecule has 0 radical (unpaired) electrons. The Morgan fingerprint density at radius 3 is 3.06 bits per heavy atom. The van der Waals surface area contributed by atoms with Gasteiger partial charge in [0.15, 0.2) is 11.5 Å². The number of nitrogen functional groups attached to an aromatic ring is 1. The van der Waals surface area contributed by atoms with Crippen molar-refractivity contribution in [3.8, 4) is 0 Å². The Kier molecular flexibility index (Phi) is 3.17. The number of nitrogens with zero attached hydrogens (tertiary/aromatic N) is 2. The normalized spacial score (nSPS) is 19.6. The minimum absolute atomic E-state index is 0.0518. The predicted octanol–water partition coefficient (Wildman–Crippen LogP) is 1.74. The Labute approximate surface area is 100 Å². The van der Waals surface area contributed by atoms with Gasteiger partial charge in [0.1, 0.15) is 0 Å². The number of carbonyl (C=O) groups is 1. The predicted molar refractivity (Wildman–Crippen MR) is 66.3 cm³/mol. The number of nitrogens with two attached hydrogens (primary N) is 1. The fraction of sp³-hybridized carbons (Fsp3) is 0.500. The number of carboxylic acids is 1. The van der Waals surface area contributed by atoms with Crippen molar-refractivity contribution >= 4 is 17.5 Å². The van der Waals surface area contributed by atoms with Gasteiger partial charge in [0, 0.05) is 12.6 Å². The van der Waals surface area contributed by atoms with Crippen LogP contribution < -0.4 is 10.6 Å². The van der Waals surface area contributed by atoms with Crippen LogP contribution in [0.4, 0.5) is 11.5 Å². The molecule has 0 aliphatic carbocycles. The van der Waals surface area contributed by atoms with E-state index in [-0.39, 0.29) is 5.69 Å². The maximum atomic E-state index is 10.9. The highest BCUT2D eigenvalue weighted by Crippen LogP contribution is 2.30. The summed E-state index contributed by atoms with van der Waals surface area (Å²) < 4.78 is 0. The van der Waals surface area contributed by atoms with Gasteiger partial charge in [0.05, 0.1) is 5.69 Å². The molecule has 2 rings (SSSR count). The molecule has 0 aromatic carbocycles. The molecule has 92 valence electrons. The van der Waals surface area contributed by atoms with Gasteiger partial charge >= 0.3 is 5.97 Å². The van der Waals surface area contributed by atoms with Crippen LogP contribution >= 0.6 is 0 Å². The molecule has 5 nitrogen and oxygen atoms in total. The van der Waals surface area contributed by atoms with Gasteiger partial charge in [-0.1, -0.05) is 6.92 Å². The second-order valence-corrected chi connectivity index (χ2v) is 4.31. The molecule has 1 aliphatic rings. The maximum Gasteiger partial charge on any atom is 0.354 e. The molecule has 5 heteroatoms. The van der Waals surface area contributed by atoms with E-state index in [1.807, 2.05) is 0 Å². The third-order valence-electron chi connectivity index (χ3n) is 3.24. The van der Waals surface area contributed by atoms with E-state index in [0.29, 0.717) is 17.5 Å². The number of pyridine rings is 1. The van der Waals surface area contributed by atoms with Gasteiger partial charge in [-0.3, -0.25) is 0 Å². The zero-order chi connectivity index (χ0) is 12.4. The third kappa shape index (κ3) is 2.18. The standard InChI is InChI=1S/C12H17N3O2/c1-2-8-4-3-7-15(8)11-9(13)5-6-10(14-11)12(16)17/h5-6,8H,2-4,7,13H2,1H3,(H,16,17). The minimum Gasteiger partial charge on any atom is -0.477 e. The number of hydrogen-bond donors (Lipinski definition) is 2. The van der Waals surface area contributed by atoms with Crippen LogP contribution in [0.2, 0.25) is 0 Å². The molecule has 1 fully saturated rings. The highest BCUT2D eigenvalue weighted by atomic mass is 16.4. The smallest absolute Gasteiger partial charge is 0.354 e. The summed E-state index contributed by atoms with van der Waals surface area (Å²) in [6, 6.07) is 3.49. The largest absolute Gasteiger partial charge is 0.477 e. The average Bonchev–Trinajstić information content (AvgIpc) is 2.77. The number of hydrogen-bond acceptors (Lipinski definition) is 4. The van der Waals surface area contributed by atoms with Crippen LogP contribution in [0.1, 0.15) is 36.7 Å². The van der Waals surface area contributed by atoms with Crippen molar-refractivity contribution in [1.29, 1.82) is 0 Å². The van der Waals surface area contributed by atoms with Gasteiger partial charge in [0.2, 0.25) is 0 Å². The van der Waals surface area contributed by atoms with Crippen molar-refractivity contribution in [3.05, 3.63) is 17.8 Å². The first-order valence-electron chi connectivity index (χ1n) is 5.90. The van der Waals surface area contributed by atoms with Crippen LogP contribution in [0, 0.1) is 0 Å². The highest BCUT2D eigenvalue weighted by Gasteiger charge is 2.26. The third-order valence-corrected chi connectivity index (χ3v) is 3.24. The Bertz CT molecular complexity index is 434. The van der Waals surface area contributed by atoms with Gasteiger partial charge in [-0.05, 0) is 31.4 Å². The first kappa shape index (κ1) is 11.7. The molecule has 1 aromatic heterocycles. The van der Waals surface area contributed by atoms with Gasteiger partial charge in [0.25, 0.3) is 0 Å². The Morgan fingerprint density at radius 1 is 1.65 bits per heavy atom. The lowest BCUT2D eigenvalue weighted by molar-refractivity contribution is 0.0690. The summed E-state index contributed by atoms with van der Waals surface area (Å²) in [6.07, 6.45) is 3.25. The van der Waals surface area contributed by atoms with Crippen LogP contribution in [0.3, 0.4) is 0 Å². The van der Waals surface area contributed by atoms with E-state index in [1.165, 1.54) is 6.07 Å². The van der Waals surface area contributed by atoms with Crippen LogP contribution in [0.5, 0.6) is 0 Å². The van der Waals surface area contributed by atoms with Crippen LogP contribution in [0.25, 0.3) is 0 Å². The quantitative estimate of drug-likeness (QED) is 0.834. The second kappa shape index (κ2) is 4.61. The zero-order valence-corrected chi connectivity index (χ0v) is 9.89. The van der Waals surface area contributed by atoms with E-state index in [2.05, 4.69) is 16.8 Å².